The summed E-state index contributed by atoms with van der Waals surface area (Å²) in [6.45, 7) is 4.78. The van der Waals surface area contributed by atoms with E-state index in [0.29, 0.717) is 44.1 Å². The quantitative estimate of drug-likeness (QED) is 0.230. The number of aryl methyl sites for hydroxylation is 1. The molecule has 11 nitrogen and oxygen atoms in total. The lowest BCUT2D eigenvalue weighted by Crippen LogP contribution is -2.45. The Morgan fingerprint density at radius 2 is 1.77 bits per heavy atom. The van der Waals surface area contributed by atoms with E-state index in [1.165, 1.54) is 5.57 Å². The summed E-state index contributed by atoms with van der Waals surface area (Å²) in [5.41, 5.74) is 6.81. The second-order valence-electron chi connectivity index (χ2n) is 12.6. The number of anilines is 1. The van der Waals surface area contributed by atoms with Crippen molar-refractivity contribution in [2.75, 3.05) is 51.8 Å². The molecule has 244 valence electrons. The maximum Gasteiger partial charge on any atom is 0.237 e. The van der Waals surface area contributed by atoms with Gasteiger partial charge in [-0.15, -0.1) is 0 Å². The molecule has 0 bridgehead atoms. The Bertz CT molecular complexity index is 1970. The first-order valence-electron chi connectivity index (χ1n) is 16.2. The van der Waals surface area contributed by atoms with Crippen molar-refractivity contribution in [2.45, 2.75) is 19.8 Å². The van der Waals surface area contributed by atoms with Gasteiger partial charge >= 0.3 is 0 Å². The monoisotopic (exact) mass is 642 g/mol. The highest BCUT2D eigenvalue weighted by Crippen LogP contribution is 2.34. The first-order chi connectivity index (χ1) is 23.4. The predicted molar refractivity (Wildman–Crippen MR) is 185 cm³/mol. The van der Waals surface area contributed by atoms with Crippen LogP contribution in [0.15, 0.2) is 85.3 Å². The van der Waals surface area contributed by atoms with Crippen LogP contribution in [0.3, 0.4) is 0 Å². The number of hydrogen-bond donors (Lipinski definition) is 2. The van der Waals surface area contributed by atoms with Crippen LogP contribution in [0.2, 0.25) is 0 Å². The van der Waals surface area contributed by atoms with Crippen molar-refractivity contribution in [1.29, 1.82) is 0 Å². The van der Waals surface area contributed by atoms with Crippen LogP contribution in [-0.4, -0.2) is 93.2 Å². The van der Waals surface area contributed by atoms with Gasteiger partial charge in [-0.25, -0.2) is 9.97 Å². The first kappa shape index (κ1) is 31.3. The number of nitrogens with zero attached hydrogens (tertiary/aromatic N) is 6. The number of pyridine rings is 1. The lowest BCUT2D eigenvalue weighted by Gasteiger charge is -2.30. The van der Waals surface area contributed by atoms with Gasteiger partial charge in [0.15, 0.2) is 5.82 Å². The van der Waals surface area contributed by atoms with E-state index in [1.54, 1.807) is 31.8 Å². The molecular formula is C37H38N8O3. The SMILES string of the molecule is COC[C@@]1(C(=O)Nc2ccc3[nH]nc(-c4ccnc(C)c4)c3c2)CCN(CC(=O)N2CC=C(c3ccc(-c4ncccn4)cc3)CC2)C1. The minimum Gasteiger partial charge on any atom is -0.384 e. The number of aromatic nitrogens is 5. The van der Waals surface area contributed by atoms with E-state index in [0.717, 1.165) is 45.4 Å². The zero-order valence-corrected chi connectivity index (χ0v) is 27.1. The highest BCUT2D eigenvalue weighted by molar-refractivity contribution is 6.00. The Balaban J connectivity index is 0.977. The third kappa shape index (κ3) is 6.47. The fourth-order valence-corrected chi connectivity index (χ4v) is 6.74. The Kier molecular flexibility index (Phi) is 8.79. The zero-order chi connectivity index (χ0) is 33.1. The number of carbonyl (C=O) groups is 2. The number of amides is 2. The van der Waals surface area contributed by atoms with Gasteiger partial charge in [0.2, 0.25) is 11.8 Å². The summed E-state index contributed by atoms with van der Waals surface area (Å²) in [5, 5.41) is 11.7. The van der Waals surface area contributed by atoms with Crippen molar-refractivity contribution in [2.24, 2.45) is 5.41 Å². The van der Waals surface area contributed by atoms with Crippen molar-refractivity contribution in [3.8, 4) is 22.6 Å². The van der Waals surface area contributed by atoms with Gasteiger partial charge in [-0.05, 0) is 73.8 Å². The molecule has 0 unspecified atom stereocenters. The fraction of sp³-hybridized carbons (Fsp3) is 0.297. The molecule has 2 amide bonds. The Hall–Kier alpha value is -5.26. The van der Waals surface area contributed by atoms with E-state index < -0.39 is 5.41 Å². The molecule has 48 heavy (non-hydrogen) atoms. The number of ether oxygens (including phenoxy) is 1. The van der Waals surface area contributed by atoms with Crippen LogP contribution in [0.25, 0.3) is 39.1 Å². The van der Waals surface area contributed by atoms with Crippen molar-refractivity contribution >= 4 is 34.0 Å². The van der Waals surface area contributed by atoms with E-state index in [1.807, 2.05) is 54.3 Å². The number of H-pyrrole nitrogens is 1. The lowest BCUT2D eigenvalue weighted by atomic mass is 9.87. The fourth-order valence-electron chi connectivity index (χ4n) is 6.74. The van der Waals surface area contributed by atoms with Crippen LogP contribution in [0.4, 0.5) is 5.69 Å². The van der Waals surface area contributed by atoms with E-state index in [-0.39, 0.29) is 25.0 Å². The minimum absolute atomic E-state index is 0.0692. The van der Waals surface area contributed by atoms with Gasteiger partial charge in [-0.2, -0.15) is 5.10 Å². The van der Waals surface area contributed by atoms with Gasteiger partial charge in [-0.3, -0.25) is 24.6 Å². The van der Waals surface area contributed by atoms with Crippen LogP contribution in [0, 0.1) is 12.3 Å². The van der Waals surface area contributed by atoms with Crippen LogP contribution >= 0.6 is 0 Å². The highest BCUT2D eigenvalue weighted by atomic mass is 16.5. The van der Waals surface area contributed by atoms with Crippen LogP contribution in [0.5, 0.6) is 0 Å². The number of methoxy groups -OCH3 is 1. The average Bonchev–Trinajstić information content (AvgIpc) is 3.73. The van der Waals surface area contributed by atoms with E-state index >= 15 is 0 Å². The smallest absolute Gasteiger partial charge is 0.237 e. The van der Waals surface area contributed by atoms with Gasteiger partial charge in [0.05, 0.1) is 24.1 Å². The molecule has 0 aliphatic carbocycles. The summed E-state index contributed by atoms with van der Waals surface area (Å²) in [4.78, 5) is 44.2. The number of carbonyl (C=O) groups excluding carboxylic acids is 2. The Labute approximate surface area is 279 Å². The third-order valence-corrected chi connectivity index (χ3v) is 9.33. The summed E-state index contributed by atoms with van der Waals surface area (Å²) < 4.78 is 5.57. The number of rotatable bonds is 9. The van der Waals surface area contributed by atoms with Crippen molar-refractivity contribution in [3.05, 3.63) is 96.6 Å². The van der Waals surface area contributed by atoms with Crippen molar-refractivity contribution < 1.29 is 14.3 Å². The molecule has 5 heterocycles. The summed E-state index contributed by atoms with van der Waals surface area (Å²) >= 11 is 0. The average molecular weight is 643 g/mol. The topological polar surface area (TPSA) is 129 Å². The highest BCUT2D eigenvalue weighted by Gasteiger charge is 2.45. The largest absolute Gasteiger partial charge is 0.384 e. The molecule has 1 fully saturated rings. The molecular weight excluding hydrogens is 604 g/mol. The first-order valence-corrected chi connectivity index (χ1v) is 16.2. The molecule has 11 heteroatoms. The molecule has 0 saturated carbocycles. The maximum atomic E-state index is 13.8. The number of nitrogens with one attached hydrogen (secondary N) is 2. The standard InChI is InChI=1S/C37H38N8O3/c1-25-20-29(10-16-38-25)34-31-21-30(8-9-32(31)42-43-34)41-36(47)37(24-48-2)13-19-44(23-37)22-33(46)45-17-11-27(12-18-45)26-4-6-28(7-5-26)35-39-14-3-15-40-35/h3-11,14-16,20-21H,12-13,17-19,22-24H2,1-2H3,(H,41,47)(H,42,43)/t37-/m1/s1. The molecule has 2 aliphatic heterocycles. The second-order valence-corrected chi connectivity index (χ2v) is 12.6. The van der Waals surface area contributed by atoms with Gasteiger partial charge in [-0.1, -0.05) is 30.3 Å². The number of benzene rings is 2. The summed E-state index contributed by atoms with van der Waals surface area (Å²) in [5.74, 6) is 0.660. The predicted octanol–water partition coefficient (Wildman–Crippen LogP) is 4.98. The second kappa shape index (κ2) is 13.5. The Morgan fingerprint density at radius 3 is 2.52 bits per heavy atom. The van der Waals surface area contributed by atoms with E-state index in [2.05, 4.69) is 53.6 Å². The minimum atomic E-state index is -0.767. The van der Waals surface area contributed by atoms with Gasteiger partial charge < -0.3 is 15.0 Å². The maximum absolute atomic E-state index is 13.8. The molecule has 2 aromatic carbocycles. The number of fused-ring (bicyclic) bond motifs is 1. The lowest BCUT2D eigenvalue weighted by molar-refractivity contribution is -0.133. The van der Waals surface area contributed by atoms with Crippen molar-refractivity contribution in [1.82, 2.24) is 34.9 Å². The van der Waals surface area contributed by atoms with Crippen LogP contribution in [0.1, 0.15) is 24.1 Å². The molecule has 2 N–H and O–H groups in total. The van der Waals surface area contributed by atoms with Crippen molar-refractivity contribution in [3.63, 3.8) is 0 Å². The number of aromatic amines is 1. The molecule has 7 rings (SSSR count). The number of hydrogen-bond acceptors (Lipinski definition) is 8. The molecule has 5 aromatic rings. The van der Waals surface area contributed by atoms with E-state index in [9.17, 15) is 9.59 Å². The van der Waals surface area contributed by atoms with Crippen LogP contribution < -0.4 is 5.32 Å². The Morgan fingerprint density at radius 1 is 0.958 bits per heavy atom. The summed E-state index contributed by atoms with van der Waals surface area (Å²) in [6, 6.07) is 19.7. The van der Waals surface area contributed by atoms with Gasteiger partial charge in [0.1, 0.15) is 5.69 Å². The zero-order valence-electron chi connectivity index (χ0n) is 27.1. The molecule has 2 aliphatic rings. The molecule has 0 spiro atoms. The van der Waals surface area contributed by atoms with Crippen LogP contribution in [-0.2, 0) is 14.3 Å². The summed E-state index contributed by atoms with van der Waals surface area (Å²) in [7, 11) is 1.62. The van der Waals surface area contributed by atoms with Gasteiger partial charge in [0.25, 0.3) is 0 Å². The molecule has 1 saturated heterocycles. The molecule has 1 atom stereocenters. The third-order valence-electron chi connectivity index (χ3n) is 9.33. The van der Waals surface area contributed by atoms with Gasteiger partial charge in [0, 0.05) is 73.2 Å². The number of likely N-dealkylation sites (tertiary alicyclic amines) is 1. The summed E-state index contributed by atoms with van der Waals surface area (Å²) in [6.07, 6.45) is 8.77. The molecule has 0 radical (unpaired) electrons. The normalized spacial score (nSPS) is 18.2. The molecule has 3 aromatic heterocycles. The van der Waals surface area contributed by atoms with E-state index in [4.69, 9.17) is 4.74 Å².